The zero-order chi connectivity index (χ0) is 27.6. The quantitative estimate of drug-likeness (QED) is 0.298. The second kappa shape index (κ2) is 9.38. The number of fused-ring (bicyclic) bond motifs is 4. The van der Waals surface area contributed by atoms with Gasteiger partial charge in [-0.05, 0) is 87.9 Å². The summed E-state index contributed by atoms with van der Waals surface area (Å²) in [6.45, 7) is 16.8. The highest BCUT2D eigenvalue weighted by Gasteiger charge is 2.68. The maximum Gasteiger partial charge on any atom is 0.306 e. The van der Waals surface area contributed by atoms with Crippen LogP contribution in [0.15, 0.2) is 22.8 Å². The van der Waals surface area contributed by atoms with E-state index in [1.165, 1.54) is 23.6 Å². The van der Waals surface area contributed by atoms with Gasteiger partial charge < -0.3 is 9.84 Å². The predicted octanol–water partition coefficient (Wildman–Crippen LogP) is 7.29. The average Bonchev–Trinajstić information content (AvgIpc) is 3.01. The maximum atomic E-state index is 12.9. The molecule has 5 heteroatoms. The number of ketones is 1. The fourth-order valence-corrected chi connectivity index (χ4v) is 9.57. The highest BCUT2D eigenvalue weighted by molar-refractivity contribution is 5.85. The van der Waals surface area contributed by atoms with Crippen molar-refractivity contribution in [3.05, 3.63) is 22.8 Å². The van der Waals surface area contributed by atoms with Crippen molar-refractivity contribution in [3.63, 3.8) is 0 Å². The summed E-state index contributed by atoms with van der Waals surface area (Å²) in [5, 5.41) is 10.4. The van der Waals surface area contributed by atoms with Crippen LogP contribution >= 0.6 is 0 Å². The summed E-state index contributed by atoms with van der Waals surface area (Å²) in [4.78, 5) is 37.9. The van der Waals surface area contributed by atoms with Crippen molar-refractivity contribution in [2.75, 3.05) is 0 Å². The predicted molar refractivity (Wildman–Crippen MR) is 145 cm³/mol. The van der Waals surface area contributed by atoms with E-state index in [0.29, 0.717) is 31.0 Å². The Bertz CT molecular complexity index is 1050. The van der Waals surface area contributed by atoms with Crippen LogP contribution in [0.4, 0.5) is 0 Å². The summed E-state index contributed by atoms with van der Waals surface area (Å²) in [7, 11) is 0. The van der Waals surface area contributed by atoms with Gasteiger partial charge in [0.15, 0.2) is 0 Å². The molecule has 5 nitrogen and oxygen atoms in total. The van der Waals surface area contributed by atoms with E-state index < -0.39 is 17.3 Å². The number of Topliss-reactive ketones (excluding diaryl/α,β-unsaturated/α-hetero) is 1. The van der Waals surface area contributed by atoms with E-state index in [1.54, 1.807) is 0 Å². The number of aliphatic carboxylic acids is 1. The molecule has 4 aliphatic carbocycles. The van der Waals surface area contributed by atoms with Gasteiger partial charge in [-0.3, -0.25) is 14.4 Å². The third kappa shape index (κ3) is 4.14. The molecule has 4 rings (SSSR count). The molecule has 0 radical (unpaired) electrons. The fourth-order valence-electron chi connectivity index (χ4n) is 9.57. The lowest BCUT2D eigenvalue weighted by atomic mass is 9.43. The van der Waals surface area contributed by atoms with Gasteiger partial charge in [0.25, 0.3) is 0 Å². The van der Waals surface area contributed by atoms with Crippen molar-refractivity contribution >= 4 is 17.7 Å². The van der Waals surface area contributed by atoms with Crippen molar-refractivity contribution < 1.29 is 24.2 Å². The van der Waals surface area contributed by atoms with E-state index in [0.717, 1.165) is 38.5 Å². The Labute approximate surface area is 223 Å². The second-order valence-corrected chi connectivity index (χ2v) is 14.0. The van der Waals surface area contributed by atoms with E-state index in [1.807, 2.05) is 13.8 Å². The summed E-state index contributed by atoms with van der Waals surface area (Å²) < 4.78 is 6.10. The molecule has 0 aliphatic heterocycles. The van der Waals surface area contributed by atoms with Crippen LogP contribution in [-0.4, -0.2) is 28.9 Å². The SMILES string of the molecule is CC(=O)O[C@H]1C[C@H]([C@@H](CCC=C(C)C)C(=O)O)[C@@]2(C)CCC3=C(CCC4C(C)(C)C(=O)CC[C@]34C)[C@]12C. The van der Waals surface area contributed by atoms with Gasteiger partial charge in [-0.15, -0.1) is 0 Å². The molecule has 0 bridgehead atoms. The molecule has 0 aromatic heterocycles. The first kappa shape index (κ1) is 28.1. The number of hydrogen-bond donors (Lipinski definition) is 1. The van der Waals surface area contributed by atoms with Gasteiger partial charge >= 0.3 is 11.9 Å². The van der Waals surface area contributed by atoms with E-state index in [9.17, 15) is 19.5 Å². The molecule has 1 N–H and O–H groups in total. The molecule has 4 aliphatic rings. The van der Waals surface area contributed by atoms with Gasteiger partial charge in [0.05, 0.1) is 5.92 Å². The van der Waals surface area contributed by atoms with Gasteiger partial charge in [0, 0.05) is 24.2 Å². The Morgan fingerprint density at radius 3 is 2.30 bits per heavy atom. The number of allylic oxidation sites excluding steroid dienone is 3. The minimum Gasteiger partial charge on any atom is -0.481 e. The molecule has 2 saturated carbocycles. The molecule has 0 heterocycles. The van der Waals surface area contributed by atoms with Crippen molar-refractivity contribution in [2.24, 2.45) is 39.4 Å². The Morgan fingerprint density at radius 1 is 1.03 bits per heavy atom. The molecule has 1 unspecified atom stereocenters. The summed E-state index contributed by atoms with van der Waals surface area (Å²) in [6.07, 6.45) is 8.96. The van der Waals surface area contributed by atoms with E-state index >= 15 is 0 Å². The minimum atomic E-state index is -0.734. The minimum absolute atomic E-state index is 0.0379. The molecule has 0 aromatic carbocycles. The highest BCUT2D eigenvalue weighted by Crippen LogP contribution is 2.72. The molecule has 37 heavy (non-hydrogen) atoms. The summed E-state index contributed by atoms with van der Waals surface area (Å²) in [6, 6.07) is 0. The van der Waals surface area contributed by atoms with Gasteiger partial charge in [0.1, 0.15) is 11.9 Å². The fraction of sp³-hybridized carbons (Fsp3) is 0.781. The van der Waals surface area contributed by atoms with Crippen LogP contribution in [0.2, 0.25) is 0 Å². The zero-order valence-electron chi connectivity index (χ0n) is 24.3. The number of carbonyl (C=O) groups is 3. The lowest BCUT2D eigenvalue weighted by molar-refractivity contribution is -0.154. The Balaban J connectivity index is 1.81. The molecule has 0 saturated heterocycles. The molecule has 206 valence electrons. The lowest BCUT2D eigenvalue weighted by Gasteiger charge is -2.61. The van der Waals surface area contributed by atoms with E-state index in [4.69, 9.17) is 4.74 Å². The number of hydrogen-bond acceptors (Lipinski definition) is 4. The zero-order valence-corrected chi connectivity index (χ0v) is 24.3. The van der Waals surface area contributed by atoms with Crippen LogP contribution in [0.5, 0.6) is 0 Å². The van der Waals surface area contributed by atoms with Crippen LogP contribution in [0.3, 0.4) is 0 Å². The van der Waals surface area contributed by atoms with Crippen molar-refractivity contribution in [1.82, 2.24) is 0 Å². The van der Waals surface area contributed by atoms with Crippen LogP contribution in [0.25, 0.3) is 0 Å². The number of ether oxygens (including phenoxy) is 1. The van der Waals surface area contributed by atoms with Crippen molar-refractivity contribution in [2.45, 2.75) is 119 Å². The van der Waals surface area contributed by atoms with Gasteiger partial charge in [-0.1, -0.05) is 57.4 Å². The summed E-state index contributed by atoms with van der Waals surface area (Å²) in [5.41, 5.74) is 3.05. The Morgan fingerprint density at radius 2 is 1.70 bits per heavy atom. The first-order valence-corrected chi connectivity index (χ1v) is 14.4. The van der Waals surface area contributed by atoms with E-state index in [-0.39, 0.29) is 34.2 Å². The molecular formula is C32H48O5. The number of esters is 1. The third-order valence-electron chi connectivity index (χ3n) is 11.7. The van der Waals surface area contributed by atoms with Gasteiger partial charge in [-0.25, -0.2) is 0 Å². The van der Waals surface area contributed by atoms with Crippen LogP contribution < -0.4 is 0 Å². The number of rotatable bonds is 6. The van der Waals surface area contributed by atoms with Crippen LogP contribution in [0, 0.1) is 39.4 Å². The summed E-state index contributed by atoms with van der Waals surface area (Å²) >= 11 is 0. The van der Waals surface area contributed by atoms with Crippen LogP contribution in [0.1, 0.15) is 113 Å². The number of carbonyl (C=O) groups excluding carboxylic acids is 2. The average molecular weight is 513 g/mol. The molecule has 0 amide bonds. The van der Waals surface area contributed by atoms with Gasteiger partial charge in [0.2, 0.25) is 0 Å². The lowest BCUT2D eigenvalue weighted by Crippen LogP contribution is -2.55. The molecular weight excluding hydrogens is 464 g/mol. The second-order valence-electron chi connectivity index (χ2n) is 14.0. The molecule has 2 fully saturated rings. The standard InChI is InChI=1S/C32H48O5/c1-19(2)10-9-11-21(28(35)36)24-18-27(37-20(3)33)32(8)23-12-13-25-29(4,5)26(34)15-16-30(25,6)22(23)14-17-31(24,32)7/h10,21,24-25,27H,9,11-18H2,1-8H3,(H,35,36)/t21-,24-,25?,27+,30-,31-,32-/m1/s1. The molecule has 7 atom stereocenters. The Hall–Kier alpha value is -1.91. The van der Waals surface area contributed by atoms with Crippen LogP contribution in [-0.2, 0) is 19.1 Å². The first-order valence-electron chi connectivity index (χ1n) is 14.4. The maximum absolute atomic E-state index is 12.9. The number of carboxylic acid groups (broad SMARTS) is 1. The normalized spacial score (nSPS) is 39.2. The molecule has 0 spiro atoms. The topological polar surface area (TPSA) is 80.7 Å². The summed E-state index contributed by atoms with van der Waals surface area (Å²) in [5.74, 6) is -0.863. The third-order valence-corrected chi connectivity index (χ3v) is 11.7. The Kier molecular flexibility index (Phi) is 7.12. The first-order chi connectivity index (χ1) is 17.1. The van der Waals surface area contributed by atoms with E-state index in [2.05, 4.69) is 40.7 Å². The monoisotopic (exact) mass is 512 g/mol. The van der Waals surface area contributed by atoms with Crippen molar-refractivity contribution in [3.8, 4) is 0 Å². The number of carboxylic acids is 1. The highest BCUT2D eigenvalue weighted by atomic mass is 16.5. The largest absolute Gasteiger partial charge is 0.481 e. The molecule has 0 aromatic rings. The smallest absolute Gasteiger partial charge is 0.306 e. The van der Waals surface area contributed by atoms with Crippen molar-refractivity contribution in [1.29, 1.82) is 0 Å². The van der Waals surface area contributed by atoms with Gasteiger partial charge in [-0.2, -0.15) is 0 Å².